The van der Waals surface area contributed by atoms with Crippen molar-refractivity contribution in [2.75, 3.05) is 13.1 Å². The van der Waals surface area contributed by atoms with E-state index < -0.39 is 0 Å². The van der Waals surface area contributed by atoms with Gasteiger partial charge in [-0.1, -0.05) is 59.3 Å². The van der Waals surface area contributed by atoms with E-state index in [2.05, 4.69) is 32.6 Å². The molecule has 0 aliphatic carbocycles. The van der Waals surface area contributed by atoms with Gasteiger partial charge in [-0.2, -0.15) is 0 Å². The molecule has 2 N–H and O–H groups in total. The highest BCUT2D eigenvalue weighted by atomic mass is 16.1. The fourth-order valence-electron chi connectivity index (χ4n) is 2.91. The van der Waals surface area contributed by atoms with Crippen molar-refractivity contribution >= 4 is 5.91 Å². The summed E-state index contributed by atoms with van der Waals surface area (Å²) in [4.78, 5) is 14.3. The Morgan fingerprint density at radius 2 is 1.43 bits per heavy atom. The van der Waals surface area contributed by atoms with Crippen LogP contribution in [0.4, 0.5) is 0 Å². The SMILES string of the molecule is CCCCCCC(C(N)=O)C(C)N(CCCC)CCCC. The number of hydrogen-bond acceptors (Lipinski definition) is 2. The van der Waals surface area contributed by atoms with Crippen LogP contribution in [0.25, 0.3) is 0 Å². The summed E-state index contributed by atoms with van der Waals surface area (Å²) in [5, 5.41) is 0. The summed E-state index contributed by atoms with van der Waals surface area (Å²) in [6, 6.07) is 0.280. The molecule has 0 bridgehead atoms. The van der Waals surface area contributed by atoms with Crippen LogP contribution in [0.3, 0.4) is 0 Å². The molecular weight excluding hydrogens is 260 g/mol. The van der Waals surface area contributed by atoms with Gasteiger partial charge in [-0.05, 0) is 39.3 Å². The number of primary amides is 1. The maximum atomic E-state index is 11.9. The molecule has 21 heavy (non-hydrogen) atoms. The number of unbranched alkanes of at least 4 members (excludes halogenated alkanes) is 5. The average molecular weight is 299 g/mol. The van der Waals surface area contributed by atoms with Gasteiger partial charge in [0.25, 0.3) is 0 Å². The second-order valence-corrected chi connectivity index (χ2v) is 6.34. The molecule has 0 saturated carbocycles. The highest BCUT2D eigenvalue weighted by Gasteiger charge is 2.26. The van der Waals surface area contributed by atoms with Crippen molar-refractivity contribution in [3.63, 3.8) is 0 Å². The summed E-state index contributed by atoms with van der Waals surface area (Å²) in [6.45, 7) is 11.0. The van der Waals surface area contributed by atoms with Crippen LogP contribution in [-0.4, -0.2) is 29.9 Å². The average Bonchev–Trinajstić information content (AvgIpc) is 2.46. The van der Waals surface area contributed by atoms with E-state index in [4.69, 9.17) is 5.73 Å². The Morgan fingerprint density at radius 1 is 0.905 bits per heavy atom. The first-order valence-corrected chi connectivity index (χ1v) is 9.11. The van der Waals surface area contributed by atoms with E-state index in [1.54, 1.807) is 0 Å². The van der Waals surface area contributed by atoms with Crippen LogP contribution in [0, 0.1) is 5.92 Å². The minimum Gasteiger partial charge on any atom is -0.369 e. The van der Waals surface area contributed by atoms with Gasteiger partial charge >= 0.3 is 0 Å². The highest BCUT2D eigenvalue weighted by molar-refractivity contribution is 5.77. The number of nitrogens with zero attached hydrogens (tertiary/aromatic N) is 1. The molecule has 0 aromatic heterocycles. The molecule has 0 spiro atoms. The van der Waals surface area contributed by atoms with Crippen LogP contribution >= 0.6 is 0 Å². The first-order chi connectivity index (χ1) is 10.1. The number of rotatable bonds is 14. The summed E-state index contributed by atoms with van der Waals surface area (Å²) in [5.74, 6) is -0.104. The van der Waals surface area contributed by atoms with Crippen molar-refractivity contribution in [3.8, 4) is 0 Å². The fraction of sp³-hybridized carbons (Fsp3) is 0.944. The van der Waals surface area contributed by atoms with Crippen molar-refractivity contribution in [1.29, 1.82) is 0 Å². The fourth-order valence-corrected chi connectivity index (χ4v) is 2.91. The molecular formula is C18H38N2O. The van der Waals surface area contributed by atoms with Crippen molar-refractivity contribution in [2.45, 2.75) is 91.5 Å². The van der Waals surface area contributed by atoms with Crippen LogP contribution in [-0.2, 0) is 4.79 Å². The molecule has 0 aliphatic heterocycles. The zero-order valence-corrected chi connectivity index (χ0v) is 14.9. The highest BCUT2D eigenvalue weighted by Crippen LogP contribution is 2.20. The number of nitrogens with two attached hydrogens (primary N) is 1. The van der Waals surface area contributed by atoms with Crippen LogP contribution in [0.1, 0.15) is 85.5 Å². The maximum absolute atomic E-state index is 11.9. The molecule has 0 heterocycles. The Balaban J connectivity index is 4.53. The van der Waals surface area contributed by atoms with Crippen molar-refractivity contribution in [1.82, 2.24) is 4.90 Å². The van der Waals surface area contributed by atoms with E-state index in [-0.39, 0.29) is 17.9 Å². The van der Waals surface area contributed by atoms with E-state index in [1.165, 1.54) is 44.9 Å². The minimum absolute atomic E-state index is 0.00979. The molecule has 3 heteroatoms. The van der Waals surface area contributed by atoms with E-state index in [9.17, 15) is 4.79 Å². The summed E-state index contributed by atoms with van der Waals surface area (Å²) >= 11 is 0. The van der Waals surface area contributed by atoms with Gasteiger partial charge in [0, 0.05) is 6.04 Å². The first kappa shape index (κ1) is 20.4. The lowest BCUT2D eigenvalue weighted by Gasteiger charge is -2.33. The lowest BCUT2D eigenvalue weighted by Crippen LogP contribution is -2.44. The number of carbonyl (C=O) groups excluding carboxylic acids is 1. The van der Waals surface area contributed by atoms with Crippen molar-refractivity contribution in [3.05, 3.63) is 0 Å². The van der Waals surface area contributed by atoms with E-state index in [1.807, 2.05) is 0 Å². The number of carbonyl (C=O) groups is 1. The van der Waals surface area contributed by atoms with Gasteiger partial charge in [-0.25, -0.2) is 0 Å². The first-order valence-electron chi connectivity index (χ1n) is 9.11. The molecule has 0 aromatic rings. The molecule has 0 aromatic carbocycles. The molecule has 0 saturated heterocycles. The van der Waals surface area contributed by atoms with Gasteiger partial charge in [0.15, 0.2) is 0 Å². The van der Waals surface area contributed by atoms with Gasteiger partial charge in [0.2, 0.25) is 5.91 Å². The zero-order chi connectivity index (χ0) is 16.1. The zero-order valence-electron chi connectivity index (χ0n) is 14.9. The third-order valence-electron chi connectivity index (χ3n) is 4.49. The summed E-state index contributed by atoms with van der Waals surface area (Å²) in [6.07, 6.45) is 10.6. The monoisotopic (exact) mass is 298 g/mol. The van der Waals surface area contributed by atoms with E-state index in [0.717, 1.165) is 25.9 Å². The maximum Gasteiger partial charge on any atom is 0.222 e. The topological polar surface area (TPSA) is 46.3 Å². The van der Waals surface area contributed by atoms with Gasteiger partial charge in [-0.3, -0.25) is 9.69 Å². The number of amides is 1. The normalized spacial score (nSPS) is 14.3. The Bertz CT molecular complexity index is 248. The Hall–Kier alpha value is -0.570. The second-order valence-electron chi connectivity index (χ2n) is 6.34. The minimum atomic E-state index is -0.114. The predicted molar refractivity (Wildman–Crippen MR) is 92.3 cm³/mol. The molecule has 126 valence electrons. The van der Waals surface area contributed by atoms with Gasteiger partial charge < -0.3 is 5.73 Å². The third kappa shape index (κ3) is 9.13. The molecule has 1 amide bonds. The van der Waals surface area contributed by atoms with Gasteiger partial charge in [0.05, 0.1) is 5.92 Å². The number of hydrogen-bond donors (Lipinski definition) is 1. The Labute approximate surface area is 132 Å². The Kier molecular flexibility index (Phi) is 12.8. The van der Waals surface area contributed by atoms with Crippen molar-refractivity contribution < 1.29 is 4.79 Å². The molecule has 3 nitrogen and oxygen atoms in total. The van der Waals surface area contributed by atoms with Crippen LogP contribution < -0.4 is 5.73 Å². The predicted octanol–water partition coefficient (Wildman–Crippen LogP) is 4.35. The van der Waals surface area contributed by atoms with E-state index in [0.29, 0.717) is 0 Å². The molecule has 0 fully saturated rings. The third-order valence-corrected chi connectivity index (χ3v) is 4.49. The second kappa shape index (κ2) is 13.1. The lowest BCUT2D eigenvalue weighted by atomic mass is 9.92. The lowest BCUT2D eigenvalue weighted by molar-refractivity contribution is -0.124. The standard InChI is InChI=1S/C18H38N2O/c1-5-8-11-12-13-17(18(19)21)16(4)20(14-9-6-2)15-10-7-3/h16-17H,5-15H2,1-4H3,(H2,19,21). The largest absolute Gasteiger partial charge is 0.369 e. The van der Waals surface area contributed by atoms with Crippen molar-refractivity contribution in [2.24, 2.45) is 11.7 Å². The van der Waals surface area contributed by atoms with Crippen LogP contribution in [0.2, 0.25) is 0 Å². The summed E-state index contributed by atoms with van der Waals surface area (Å²) in [5.41, 5.74) is 5.68. The molecule has 0 rings (SSSR count). The Morgan fingerprint density at radius 3 is 1.86 bits per heavy atom. The summed E-state index contributed by atoms with van der Waals surface area (Å²) in [7, 11) is 0. The molecule has 0 aliphatic rings. The smallest absolute Gasteiger partial charge is 0.222 e. The van der Waals surface area contributed by atoms with E-state index >= 15 is 0 Å². The summed E-state index contributed by atoms with van der Waals surface area (Å²) < 4.78 is 0. The molecule has 2 unspecified atom stereocenters. The molecule has 2 atom stereocenters. The quantitative estimate of drug-likeness (QED) is 0.485. The van der Waals surface area contributed by atoms with Gasteiger partial charge in [0.1, 0.15) is 0 Å². The van der Waals surface area contributed by atoms with Crippen LogP contribution in [0.15, 0.2) is 0 Å². The molecule has 0 radical (unpaired) electrons. The van der Waals surface area contributed by atoms with Crippen LogP contribution in [0.5, 0.6) is 0 Å². The van der Waals surface area contributed by atoms with Gasteiger partial charge in [-0.15, -0.1) is 0 Å².